The summed E-state index contributed by atoms with van der Waals surface area (Å²) in [4.78, 5) is 12.8. The SMILES string of the molecule is Cc1c(Cl)cccc1NS(=O)(=O)c1ccc(NC(=O)C2CCN(S(=O)(=O)c3cccs3)CC2)cc1. The third-order valence-electron chi connectivity index (χ3n) is 5.86. The van der Waals surface area contributed by atoms with E-state index in [2.05, 4.69) is 10.0 Å². The quantitative estimate of drug-likeness (QED) is 0.445. The molecule has 35 heavy (non-hydrogen) atoms. The maximum atomic E-state index is 12.7. The number of nitrogens with zero attached hydrogens (tertiary/aromatic N) is 1. The number of hydrogen-bond donors (Lipinski definition) is 2. The molecule has 3 aromatic rings. The van der Waals surface area contributed by atoms with Gasteiger partial charge in [-0.1, -0.05) is 23.7 Å². The molecule has 2 aromatic carbocycles. The largest absolute Gasteiger partial charge is 0.326 e. The zero-order chi connectivity index (χ0) is 25.2. The molecule has 1 fully saturated rings. The Bertz CT molecular complexity index is 1420. The van der Waals surface area contributed by atoms with E-state index in [1.54, 1.807) is 42.6 Å². The summed E-state index contributed by atoms with van der Waals surface area (Å²) in [6.07, 6.45) is 0.817. The number of thiophene rings is 1. The van der Waals surface area contributed by atoms with Crippen molar-refractivity contribution in [3.8, 4) is 0 Å². The topological polar surface area (TPSA) is 113 Å². The van der Waals surface area contributed by atoms with Crippen LogP contribution in [0.15, 0.2) is 69.1 Å². The normalized spacial score (nSPS) is 15.6. The van der Waals surface area contributed by atoms with Gasteiger partial charge < -0.3 is 5.32 Å². The van der Waals surface area contributed by atoms with Gasteiger partial charge in [0.2, 0.25) is 5.91 Å². The summed E-state index contributed by atoms with van der Waals surface area (Å²) in [5, 5.41) is 4.98. The molecule has 1 saturated heterocycles. The van der Waals surface area contributed by atoms with Gasteiger partial charge in [0.25, 0.3) is 20.0 Å². The molecule has 4 rings (SSSR count). The number of nitrogens with one attached hydrogen (secondary N) is 2. The molecule has 0 radical (unpaired) electrons. The van der Waals surface area contributed by atoms with Crippen LogP contribution in [0.25, 0.3) is 0 Å². The van der Waals surface area contributed by atoms with Gasteiger partial charge in [-0.3, -0.25) is 9.52 Å². The van der Waals surface area contributed by atoms with Gasteiger partial charge in [-0.05, 0) is 73.2 Å². The van der Waals surface area contributed by atoms with Gasteiger partial charge in [-0.2, -0.15) is 4.31 Å². The number of carbonyl (C=O) groups is 1. The fourth-order valence-electron chi connectivity index (χ4n) is 3.78. The number of hydrogen-bond acceptors (Lipinski definition) is 6. The van der Waals surface area contributed by atoms with Crippen molar-refractivity contribution in [2.45, 2.75) is 28.9 Å². The minimum atomic E-state index is -3.84. The molecule has 0 unspecified atom stereocenters. The smallest absolute Gasteiger partial charge is 0.261 e. The number of benzene rings is 2. The van der Waals surface area contributed by atoms with Crippen molar-refractivity contribution in [2.75, 3.05) is 23.1 Å². The van der Waals surface area contributed by atoms with Crippen molar-refractivity contribution in [1.29, 1.82) is 0 Å². The Labute approximate surface area is 214 Å². The van der Waals surface area contributed by atoms with Crippen molar-refractivity contribution < 1.29 is 21.6 Å². The van der Waals surface area contributed by atoms with E-state index >= 15 is 0 Å². The lowest BCUT2D eigenvalue weighted by molar-refractivity contribution is -0.120. The molecule has 8 nitrogen and oxygen atoms in total. The van der Waals surface area contributed by atoms with Gasteiger partial charge in [0.15, 0.2) is 0 Å². The lowest BCUT2D eigenvalue weighted by Crippen LogP contribution is -2.41. The zero-order valence-electron chi connectivity index (χ0n) is 18.8. The molecule has 0 aliphatic carbocycles. The summed E-state index contributed by atoms with van der Waals surface area (Å²) < 4.78 is 55.0. The first-order valence-electron chi connectivity index (χ1n) is 10.8. The average molecular weight is 554 g/mol. The molecule has 12 heteroatoms. The number of anilines is 2. The second-order valence-electron chi connectivity index (χ2n) is 8.14. The van der Waals surface area contributed by atoms with Gasteiger partial charge in [0, 0.05) is 29.7 Å². The molecule has 1 amide bonds. The van der Waals surface area contributed by atoms with E-state index in [1.807, 2.05) is 0 Å². The number of rotatable bonds is 7. The van der Waals surface area contributed by atoms with Crippen LogP contribution in [0.4, 0.5) is 11.4 Å². The van der Waals surface area contributed by atoms with Crippen molar-refractivity contribution in [1.82, 2.24) is 4.31 Å². The van der Waals surface area contributed by atoms with Crippen LogP contribution in [0.5, 0.6) is 0 Å². The second-order valence-corrected chi connectivity index (χ2v) is 13.3. The van der Waals surface area contributed by atoms with Crippen LogP contribution in [-0.2, 0) is 24.8 Å². The first kappa shape index (κ1) is 25.6. The molecule has 186 valence electrons. The Morgan fingerprint density at radius 2 is 1.69 bits per heavy atom. The van der Waals surface area contributed by atoms with Crippen LogP contribution in [0, 0.1) is 12.8 Å². The molecule has 0 saturated carbocycles. The maximum absolute atomic E-state index is 12.7. The van der Waals surface area contributed by atoms with Crippen LogP contribution in [0.3, 0.4) is 0 Å². The highest BCUT2D eigenvalue weighted by atomic mass is 35.5. The van der Waals surface area contributed by atoms with Crippen LogP contribution in [0.2, 0.25) is 5.02 Å². The van der Waals surface area contributed by atoms with E-state index in [1.165, 1.54) is 39.9 Å². The molecule has 0 spiro atoms. The Morgan fingerprint density at radius 1 is 1.00 bits per heavy atom. The van der Waals surface area contributed by atoms with Crippen LogP contribution < -0.4 is 10.0 Å². The van der Waals surface area contributed by atoms with Gasteiger partial charge in [-0.25, -0.2) is 16.8 Å². The highest BCUT2D eigenvalue weighted by molar-refractivity contribution is 7.92. The van der Waals surface area contributed by atoms with E-state index in [0.717, 1.165) is 0 Å². The fraction of sp³-hybridized carbons (Fsp3) is 0.261. The first-order valence-corrected chi connectivity index (χ1v) is 15.0. The monoisotopic (exact) mass is 553 g/mol. The van der Waals surface area contributed by atoms with Crippen molar-refractivity contribution in [3.05, 3.63) is 70.6 Å². The number of sulfonamides is 2. The van der Waals surface area contributed by atoms with Crippen molar-refractivity contribution in [2.24, 2.45) is 5.92 Å². The molecule has 1 aromatic heterocycles. The molecule has 0 atom stereocenters. The standard InChI is InChI=1S/C23H24ClN3O5S3/c1-16-20(24)4-2-5-21(16)26-34(29,30)19-9-7-18(8-10-19)25-23(28)17-11-13-27(14-12-17)35(31,32)22-6-3-15-33-22/h2-10,15,17,26H,11-14H2,1H3,(H,25,28). The average Bonchev–Trinajstić information content (AvgIpc) is 3.38. The van der Waals surface area contributed by atoms with Crippen LogP contribution in [-0.4, -0.2) is 40.1 Å². The number of halogens is 1. The Kier molecular flexibility index (Phi) is 7.53. The summed E-state index contributed by atoms with van der Waals surface area (Å²) >= 11 is 7.24. The number of piperidine rings is 1. The fourth-order valence-corrected chi connectivity index (χ4v) is 7.69. The zero-order valence-corrected chi connectivity index (χ0v) is 22.0. The van der Waals surface area contributed by atoms with E-state index < -0.39 is 20.0 Å². The molecule has 2 heterocycles. The lowest BCUT2D eigenvalue weighted by atomic mass is 9.97. The molecular formula is C23H24ClN3O5S3. The highest BCUT2D eigenvalue weighted by Gasteiger charge is 2.32. The van der Waals surface area contributed by atoms with E-state index in [0.29, 0.717) is 39.0 Å². The number of carbonyl (C=O) groups excluding carboxylic acids is 1. The summed E-state index contributed by atoms with van der Waals surface area (Å²) in [6, 6.07) is 14.1. The Morgan fingerprint density at radius 3 is 2.31 bits per heavy atom. The van der Waals surface area contributed by atoms with Crippen LogP contribution >= 0.6 is 22.9 Å². The van der Waals surface area contributed by atoms with E-state index in [-0.39, 0.29) is 29.8 Å². The molecule has 2 N–H and O–H groups in total. The van der Waals surface area contributed by atoms with Crippen molar-refractivity contribution >= 4 is 60.3 Å². The highest BCUT2D eigenvalue weighted by Crippen LogP contribution is 2.28. The summed E-state index contributed by atoms with van der Waals surface area (Å²) in [7, 11) is -7.36. The predicted molar refractivity (Wildman–Crippen MR) is 138 cm³/mol. The van der Waals surface area contributed by atoms with Gasteiger partial charge in [-0.15, -0.1) is 11.3 Å². The first-order chi connectivity index (χ1) is 16.6. The predicted octanol–water partition coefficient (Wildman–Crippen LogP) is 4.55. The second kappa shape index (κ2) is 10.3. The minimum Gasteiger partial charge on any atom is -0.326 e. The van der Waals surface area contributed by atoms with Gasteiger partial charge in [0.05, 0.1) is 10.6 Å². The van der Waals surface area contributed by atoms with E-state index in [9.17, 15) is 21.6 Å². The van der Waals surface area contributed by atoms with Gasteiger partial charge in [0.1, 0.15) is 4.21 Å². The molecular weight excluding hydrogens is 530 g/mol. The number of amides is 1. The third-order valence-corrected chi connectivity index (χ3v) is 10.9. The van der Waals surface area contributed by atoms with Gasteiger partial charge >= 0.3 is 0 Å². The Hall–Kier alpha value is -2.44. The van der Waals surface area contributed by atoms with Crippen LogP contribution in [0.1, 0.15) is 18.4 Å². The summed E-state index contributed by atoms with van der Waals surface area (Å²) in [5.74, 6) is -0.554. The third kappa shape index (κ3) is 5.70. The van der Waals surface area contributed by atoms with E-state index in [4.69, 9.17) is 11.6 Å². The maximum Gasteiger partial charge on any atom is 0.261 e. The lowest BCUT2D eigenvalue weighted by Gasteiger charge is -2.30. The Balaban J connectivity index is 1.36. The molecule has 0 bridgehead atoms. The summed E-state index contributed by atoms with van der Waals surface area (Å²) in [5.41, 5.74) is 1.47. The molecule has 1 aliphatic rings. The van der Waals surface area contributed by atoms with Crippen molar-refractivity contribution in [3.63, 3.8) is 0 Å². The summed E-state index contributed by atoms with van der Waals surface area (Å²) in [6.45, 7) is 2.26. The molecule has 1 aliphatic heterocycles. The minimum absolute atomic E-state index is 0.0435.